The minimum absolute atomic E-state index is 0.0697. The van der Waals surface area contributed by atoms with E-state index in [1.54, 1.807) is 10.8 Å². The zero-order valence-corrected chi connectivity index (χ0v) is 13.6. The maximum atomic E-state index is 11.8. The van der Waals surface area contributed by atoms with Gasteiger partial charge in [0.15, 0.2) is 0 Å². The number of amides is 2. The molecule has 5 nitrogen and oxygen atoms in total. The topological polar surface area (TPSA) is 58.6 Å². The molecule has 0 aromatic heterocycles. The lowest BCUT2D eigenvalue weighted by Gasteiger charge is -2.34. The van der Waals surface area contributed by atoms with Crippen molar-refractivity contribution in [2.75, 3.05) is 6.61 Å². The Labute approximate surface area is 110 Å². The van der Waals surface area contributed by atoms with Crippen LogP contribution in [-0.4, -0.2) is 59.1 Å². The Morgan fingerprint density at radius 3 is 2.81 bits per heavy atom. The quantitative estimate of drug-likeness (QED) is 0.530. The Morgan fingerprint density at radius 2 is 2.31 bits per heavy atom. The van der Waals surface area contributed by atoms with Crippen molar-refractivity contribution in [3.05, 3.63) is 11.3 Å². The first-order valence-electron chi connectivity index (χ1n) is 5.48. The number of carbonyl (C=O) groups is 2. The number of ether oxygens (including phenoxy) is 1. The average Bonchev–Trinajstić information content (AvgIpc) is 2.17. The Hall–Kier alpha value is -0.455. The van der Waals surface area contributed by atoms with E-state index in [0.29, 0.717) is 28.5 Å². The molecule has 7 heteroatoms. The zero-order valence-electron chi connectivity index (χ0n) is 10.2. The van der Waals surface area contributed by atoms with E-state index in [2.05, 4.69) is 5.32 Å². The molecule has 1 aliphatic heterocycles. The summed E-state index contributed by atoms with van der Waals surface area (Å²) in [6, 6.07) is -0.0697. The lowest BCUT2D eigenvalue weighted by Crippen LogP contribution is -2.52. The molecule has 16 heavy (non-hydrogen) atoms. The number of urea groups is 1. The van der Waals surface area contributed by atoms with E-state index in [0.717, 1.165) is 5.70 Å². The molecule has 0 unspecified atom stereocenters. The number of nitrogens with one attached hydrogen (secondary N) is 1. The van der Waals surface area contributed by atoms with Gasteiger partial charge in [0.05, 0.1) is 12.2 Å². The molecule has 0 spiro atoms. The fourth-order valence-corrected chi connectivity index (χ4v) is 3.78. The molecule has 2 amide bonds. The Bertz CT molecular complexity index is 344. The van der Waals surface area contributed by atoms with Crippen molar-refractivity contribution < 1.29 is 14.3 Å². The minimum Gasteiger partial charge on any atom is -0.463 e. The third-order valence-electron chi connectivity index (χ3n) is 2.62. The predicted octanol–water partition coefficient (Wildman–Crippen LogP) is -0.792. The second-order valence-corrected chi connectivity index (χ2v) is 6.05. The summed E-state index contributed by atoms with van der Waals surface area (Å²) in [6.45, 7) is 3.97. The van der Waals surface area contributed by atoms with Crippen molar-refractivity contribution in [3.8, 4) is 0 Å². The minimum atomic E-state index is -0.656. The number of rotatable bonds is 3. The Balaban J connectivity index is 3.06. The highest BCUT2D eigenvalue weighted by atomic mass is 27.1. The highest BCUT2D eigenvalue weighted by Gasteiger charge is 2.31. The summed E-state index contributed by atoms with van der Waals surface area (Å²) in [5.41, 5.74) is 1.40. The second-order valence-electron chi connectivity index (χ2n) is 3.63. The first kappa shape index (κ1) is 13.6. The molecule has 0 bridgehead atoms. The number of hydrogen-bond acceptors (Lipinski definition) is 3. The molecule has 86 valence electrons. The molecule has 1 rings (SSSR count). The van der Waals surface area contributed by atoms with Crippen LogP contribution >= 0.6 is 0 Å². The highest BCUT2D eigenvalue weighted by molar-refractivity contribution is 6.37. The molecule has 0 saturated carbocycles. The fraction of sp³-hybridized carbons (Fsp3) is 0.556. The van der Waals surface area contributed by atoms with E-state index in [-0.39, 0.29) is 16.9 Å². The van der Waals surface area contributed by atoms with E-state index in [1.165, 1.54) is 0 Å². The molecule has 1 atom stereocenters. The van der Waals surface area contributed by atoms with E-state index in [1.807, 2.05) is 12.7 Å². The molecular weight excluding hydrogens is 238 g/mol. The van der Waals surface area contributed by atoms with Crippen LogP contribution in [0.5, 0.6) is 0 Å². The lowest BCUT2D eigenvalue weighted by molar-refractivity contribution is -0.138. The second kappa shape index (κ2) is 5.75. The van der Waals surface area contributed by atoms with Crippen molar-refractivity contribution in [2.24, 2.45) is 0 Å². The zero-order chi connectivity index (χ0) is 12.3. The molecule has 0 fully saturated rings. The van der Waals surface area contributed by atoms with Gasteiger partial charge < -0.3 is 13.9 Å². The SMILES string of the molecule is CCOC(=O)C1=C(C)[N]([AlH][CH3])C(=O)N[C@@H]1[AlH2]. The van der Waals surface area contributed by atoms with Gasteiger partial charge in [0.2, 0.25) is 0 Å². The molecule has 0 aliphatic carbocycles. The first-order chi connectivity index (χ1) is 7.52. The van der Waals surface area contributed by atoms with Crippen LogP contribution in [0.1, 0.15) is 13.8 Å². The predicted molar refractivity (Wildman–Crippen MR) is 65.0 cm³/mol. The van der Waals surface area contributed by atoms with Crippen LogP contribution in [0.25, 0.3) is 0 Å². The highest BCUT2D eigenvalue weighted by Crippen LogP contribution is 2.18. The number of allylic oxidation sites excluding steroid dienone is 1. The van der Waals surface area contributed by atoms with Gasteiger partial charge in [-0.3, -0.25) is 4.79 Å². The van der Waals surface area contributed by atoms with Crippen LogP contribution in [0, 0.1) is 0 Å². The van der Waals surface area contributed by atoms with Gasteiger partial charge in [-0.15, -0.1) is 0 Å². The molecule has 0 radical (unpaired) electrons. The summed E-state index contributed by atoms with van der Waals surface area (Å²) >= 11 is 0.0511. The van der Waals surface area contributed by atoms with Gasteiger partial charge >= 0.3 is 21.4 Å². The van der Waals surface area contributed by atoms with Crippen LogP contribution in [0.4, 0.5) is 4.79 Å². The summed E-state index contributed by atoms with van der Waals surface area (Å²) < 4.78 is 6.71. The van der Waals surface area contributed by atoms with Gasteiger partial charge in [0, 0.05) is 10.6 Å². The van der Waals surface area contributed by atoms with Crippen LogP contribution in [0.3, 0.4) is 0 Å². The fourth-order valence-electron chi connectivity index (χ4n) is 1.86. The number of nitrogens with zero attached hydrogens (tertiary/aromatic N) is 1. The molecule has 0 aromatic carbocycles. The van der Waals surface area contributed by atoms with Gasteiger partial charge in [0.25, 0.3) is 22.3 Å². The lowest BCUT2D eigenvalue weighted by atomic mass is 10.2. The molecule has 1 aliphatic rings. The number of carbonyl (C=O) groups excluding carboxylic acids is 2. The van der Waals surface area contributed by atoms with E-state index in [9.17, 15) is 9.59 Å². The summed E-state index contributed by atoms with van der Waals surface area (Å²) in [6.07, 6.45) is 0. The van der Waals surface area contributed by atoms with Crippen molar-refractivity contribution in [2.45, 2.75) is 24.5 Å². The largest absolute Gasteiger partial charge is 0.463 e. The summed E-state index contributed by atoms with van der Waals surface area (Å²) in [7, 11) is 0. The molecule has 1 N–H and O–H groups in total. The maximum absolute atomic E-state index is 11.8. The maximum Gasteiger partial charge on any atom is 0.398 e. The van der Waals surface area contributed by atoms with Gasteiger partial charge in [-0.2, -0.15) is 0 Å². The summed E-state index contributed by atoms with van der Waals surface area (Å²) in [5, 5.41) is 2.82. The van der Waals surface area contributed by atoms with Gasteiger partial charge in [-0.05, 0) is 13.8 Å². The summed E-state index contributed by atoms with van der Waals surface area (Å²) in [5.74, 6) is 1.71. The van der Waals surface area contributed by atoms with E-state index < -0.39 is 15.4 Å². The van der Waals surface area contributed by atoms with Crippen molar-refractivity contribution in [1.29, 1.82) is 0 Å². The van der Waals surface area contributed by atoms with Crippen molar-refractivity contribution in [1.82, 2.24) is 9.20 Å². The average molecular weight is 254 g/mol. The third-order valence-corrected chi connectivity index (χ3v) is 4.88. The van der Waals surface area contributed by atoms with E-state index in [4.69, 9.17) is 4.74 Å². The van der Waals surface area contributed by atoms with Gasteiger partial charge in [0.1, 0.15) is 0 Å². The van der Waals surface area contributed by atoms with Crippen molar-refractivity contribution in [3.63, 3.8) is 0 Å². The smallest absolute Gasteiger partial charge is 0.398 e. The third kappa shape index (κ3) is 2.62. The monoisotopic (exact) mass is 254 g/mol. The number of hydrogen-bond donors (Lipinski definition) is 1. The van der Waals surface area contributed by atoms with Gasteiger partial charge in [-0.25, -0.2) is 4.79 Å². The standard InChI is InChI=1S/C8H11N2O3.CH3.2Al.3H/c1-3-13-7(11)6-4-9-8(12)10-5(6)2;;;;;;/h4H,3H2,1-2H3,(H2,9,10,11,12);1H3;;;;;/q;;;+1;;;/p-1. The first-order valence-corrected chi connectivity index (χ1v) is 8.68. The van der Waals surface area contributed by atoms with Crippen LogP contribution < -0.4 is 5.32 Å². The van der Waals surface area contributed by atoms with Crippen LogP contribution in [-0.2, 0) is 9.53 Å². The normalized spacial score (nSPS) is 20.6. The van der Waals surface area contributed by atoms with Gasteiger partial charge in [-0.1, -0.05) is 5.79 Å². The van der Waals surface area contributed by atoms with Crippen LogP contribution in [0.15, 0.2) is 11.3 Å². The molecular formula is C9H16Al2N2O3. The van der Waals surface area contributed by atoms with E-state index >= 15 is 0 Å². The summed E-state index contributed by atoms with van der Waals surface area (Å²) in [4.78, 5) is 23.3. The molecule has 1 heterocycles. The van der Waals surface area contributed by atoms with Crippen LogP contribution in [0.2, 0.25) is 5.79 Å². The molecule has 0 aromatic rings. The number of esters is 1. The Kier molecular flexibility index (Phi) is 4.89. The van der Waals surface area contributed by atoms with Crippen molar-refractivity contribution >= 4 is 43.7 Å². The molecule has 0 saturated heterocycles. The Morgan fingerprint density at radius 1 is 1.69 bits per heavy atom.